The monoisotopic (exact) mass is 268 g/mol. The lowest BCUT2D eigenvalue weighted by Gasteiger charge is -2.35. The number of amides is 1. The van der Waals surface area contributed by atoms with Gasteiger partial charge in [0, 0.05) is 19.5 Å². The van der Waals surface area contributed by atoms with Crippen LogP contribution in [-0.2, 0) is 14.3 Å². The maximum Gasteiger partial charge on any atom is 0.320 e. The first-order valence-electron chi connectivity index (χ1n) is 7.22. The summed E-state index contributed by atoms with van der Waals surface area (Å²) in [4.78, 5) is 24.7. The lowest BCUT2D eigenvalue weighted by molar-refractivity contribution is -0.157. The van der Waals surface area contributed by atoms with Crippen molar-refractivity contribution in [2.45, 2.75) is 51.7 Å². The van der Waals surface area contributed by atoms with E-state index in [1.165, 1.54) is 19.8 Å². The van der Waals surface area contributed by atoms with E-state index in [2.05, 4.69) is 17.1 Å². The van der Waals surface area contributed by atoms with Gasteiger partial charge in [-0.15, -0.1) is 0 Å². The predicted octanol–water partition coefficient (Wildman–Crippen LogP) is 0.929. The largest absolute Gasteiger partial charge is 0.461 e. The van der Waals surface area contributed by atoms with Crippen LogP contribution in [0.1, 0.15) is 39.5 Å². The van der Waals surface area contributed by atoms with Gasteiger partial charge in [-0.25, -0.2) is 0 Å². The van der Waals surface area contributed by atoms with Crippen LogP contribution < -0.4 is 5.32 Å². The molecule has 2 rings (SSSR count). The summed E-state index contributed by atoms with van der Waals surface area (Å²) in [5.74, 6) is 0.368. The minimum absolute atomic E-state index is 0.00321. The van der Waals surface area contributed by atoms with E-state index in [-0.39, 0.29) is 18.0 Å². The fourth-order valence-electron chi connectivity index (χ4n) is 2.84. The minimum Gasteiger partial charge on any atom is -0.461 e. The third kappa shape index (κ3) is 4.20. The van der Waals surface area contributed by atoms with Crippen LogP contribution in [0.3, 0.4) is 0 Å². The molecule has 2 aliphatic rings. The number of carbonyl (C=O) groups excluding carboxylic acids is 2. The third-order valence-electron chi connectivity index (χ3n) is 4.15. The van der Waals surface area contributed by atoms with Crippen LogP contribution in [0.5, 0.6) is 0 Å². The zero-order chi connectivity index (χ0) is 13.8. The van der Waals surface area contributed by atoms with Gasteiger partial charge in [0.1, 0.15) is 6.10 Å². The Bertz CT molecular complexity index is 340. The SMILES string of the molecule is CC(=O)NCC1CC(OC(=O)CN2CCCC2C)C1. The lowest BCUT2D eigenvalue weighted by atomic mass is 9.82. The van der Waals surface area contributed by atoms with Crippen LogP contribution in [0.15, 0.2) is 0 Å². The Balaban J connectivity index is 1.59. The van der Waals surface area contributed by atoms with Gasteiger partial charge in [0.25, 0.3) is 0 Å². The zero-order valence-electron chi connectivity index (χ0n) is 11.9. The molecule has 0 aromatic heterocycles. The number of likely N-dealkylation sites (tertiary alicyclic amines) is 1. The Morgan fingerprint density at radius 2 is 2.11 bits per heavy atom. The van der Waals surface area contributed by atoms with Crippen LogP contribution in [0.2, 0.25) is 0 Å². The van der Waals surface area contributed by atoms with Gasteiger partial charge >= 0.3 is 5.97 Å². The second kappa shape index (κ2) is 6.37. The van der Waals surface area contributed by atoms with E-state index in [1.807, 2.05) is 0 Å². The highest BCUT2D eigenvalue weighted by atomic mass is 16.5. The van der Waals surface area contributed by atoms with E-state index in [0.717, 1.165) is 19.4 Å². The molecular weight excluding hydrogens is 244 g/mol. The molecule has 0 spiro atoms. The Morgan fingerprint density at radius 3 is 2.68 bits per heavy atom. The maximum atomic E-state index is 11.8. The Labute approximate surface area is 114 Å². The second-order valence-corrected chi connectivity index (χ2v) is 5.85. The van der Waals surface area contributed by atoms with Crippen LogP contribution >= 0.6 is 0 Å². The molecule has 1 aliphatic carbocycles. The van der Waals surface area contributed by atoms with Crippen molar-refractivity contribution in [3.8, 4) is 0 Å². The minimum atomic E-state index is -0.100. The van der Waals surface area contributed by atoms with Crippen LogP contribution in [-0.4, -0.2) is 48.6 Å². The number of hydrogen-bond donors (Lipinski definition) is 1. The highest BCUT2D eigenvalue weighted by Crippen LogP contribution is 2.29. The van der Waals surface area contributed by atoms with Gasteiger partial charge < -0.3 is 10.1 Å². The van der Waals surface area contributed by atoms with Gasteiger partial charge in [-0.1, -0.05) is 0 Å². The smallest absolute Gasteiger partial charge is 0.320 e. The fraction of sp³-hybridized carbons (Fsp3) is 0.857. The number of carbonyl (C=O) groups is 2. The first kappa shape index (κ1) is 14.3. The summed E-state index contributed by atoms with van der Waals surface area (Å²) >= 11 is 0. The summed E-state index contributed by atoms with van der Waals surface area (Å²) in [5.41, 5.74) is 0. The molecular formula is C14H24N2O3. The highest BCUT2D eigenvalue weighted by molar-refractivity contribution is 5.73. The van der Waals surface area contributed by atoms with Gasteiger partial charge in [0.2, 0.25) is 5.91 Å². The van der Waals surface area contributed by atoms with Crippen molar-refractivity contribution in [3.63, 3.8) is 0 Å². The molecule has 5 nitrogen and oxygen atoms in total. The Kier molecular flexibility index (Phi) is 4.80. The summed E-state index contributed by atoms with van der Waals surface area (Å²) in [6, 6.07) is 0.501. The van der Waals surface area contributed by atoms with Crippen molar-refractivity contribution < 1.29 is 14.3 Å². The second-order valence-electron chi connectivity index (χ2n) is 5.85. The highest BCUT2D eigenvalue weighted by Gasteiger charge is 2.33. The van der Waals surface area contributed by atoms with Gasteiger partial charge in [-0.05, 0) is 45.1 Å². The van der Waals surface area contributed by atoms with Crippen molar-refractivity contribution in [3.05, 3.63) is 0 Å². The van der Waals surface area contributed by atoms with E-state index < -0.39 is 0 Å². The summed E-state index contributed by atoms with van der Waals surface area (Å²) in [7, 11) is 0. The summed E-state index contributed by atoms with van der Waals surface area (Å²) in [6.45, 7) is 5.81. The van der Waals surface area contributed by atoms with E-state index in [4.69, 9.17) is 4.74 Å². The molecule has 19 heavy (non-hydrogen) atoms. The Hall–Kier alpha value is -1.10. The topological polar surface area (TPSA) is 58.6 Å². The quantitative estimate of drug-likeness (QED) is 0.754. The number of nitrogens with one attached hydrogen (secondary N) is 1. The molecule has 1 N–H and O–H groups in total. The van der Waals surface area contributed by atoms with Crippen molar-refractivity contribution in [1.82, 2.24) is 10.2 Å². The molecule has 1 amide bonds. The third-order valence-corrected chi connectivity index (χ3v) is 4.15. The van der Waals surface area contributed by atoms with E-state index in [9.17, 15) is 9.59 Å². The Morgan fingerprint density at radius 1 is 1.37 bits per heavy atom. The fourth-order valence-corrected chi connectivity index (χ4v) is 2.84. The first-order chi connectivity index (χ1) is 9.04. The van der Waals surface area contributed by atoms with Gasteiger partial charge in [0.05, 0.1) is 6.54 Å². The standard InChI is InChI=1S/C14H24N2O3/c1-10-4-3-5-16(10)9-14(18)19-13-6-12(7-13)8-15-11(2)17/h10,12-13H,3-9H2,1-2H3,(H,15,17). The van der Waals surface area contributed by atoms with Crippen molar-refractivity contribution in [1.29, 1.82) is 0 Å². The molecule has 0 aromatic carbocycles. The van der Waals surface area contributed by atoms with Gasteiger partial charge in [-0.2, -0.15) is 0 Å². The number of nitrogens with zero attached hydrogens (tertiary/aromatic N) is 1. The molecule has 2 fully saturated rings. The number of esters is 1. The summed E-state index contributed by atoms with van der Waals surface area (Å²) in [5, 5.41) is 2.80. The van der Waals surface area contributed by atoms with Crippen molar-refractivity contribution in [2.24, 2.45) is 5.92 Å². The number of ether oxygens (including phenoxy) is 1. The molecule has 0 aromatic rings. The molecule has 1 saturated carbocycles. The van der Waals surface area contributed by atoms with Crippen LogP contribution in [0, 0.1) is 5.92 Å². The molecule has 1 unspecified atom stereocenters. The summed E-state index contributed by atoms with van der Waals surface area (Å²) in [6.07, 6.45) is 4.17. The van der Waals surface area contributed by atoms with Crippen LogP contribution in [0.4, 0.5) is 0 Å². The predicted molar refractivity (Wildman–Crippen MR) is 71.6 cm³/mol. The molecule has 0 radical (unpaired) electrons. The molecule has 5 heteroatoms. The maximum absolute atomic E-state index is 11.8. The summed E-state index contributed by atoms with van der Waals surface area (Å²) < 4.78 is 5.44. The van der Waals surface area contributed by atoms with Crippen LogP contribution in [0.25, 0.3) is 0 Å². The van der Waals surface area contributed by atoms with E-state index in [1.54, 1.807) is 0 Å². The van der Waals surface area contributed by atoms with Crippen molar-refractivity contribution in [2.75, 3.05) is 19.6 Å². The zero-order valence-corrected chi connectivity index (χ0v) is 11.9. The molecule has 0 bridgehead atoms. The average molecular weight is 268 g/mol. The molecule has 1 aliphatic heterocycles. The lowest BCUT2D eigenvalue weighted by Crippen LogP contribution is -2.42. The molecule has 1 atom stereocenters. The number of rotatable bonds is 5. The average Bonchev–Trinajstić information content (AvgIpc) is 2.67. The first-order valence-corrected chi connectivity index (χ1v) is 7.22. The molecule has 108 valence electrons. The van der Waals surface area contributed by atoms with Crippen molar-refractivity contribution >= 4 is 11.9 Å². The van der Waals surface area contributed by atoms with E-state index >= 15 is 0 Å². The number of hydrogen-bond acceptors (Lipinski definition) is 4. The van der Waals surface area contributed by atoms with Gasteiger partial charge in [0.15, 0.2) is 0 Å². The molecule has 1 heterocycles. The normalized spacial score (nSPS) is 30.7. The van der Waals surface area contributed by atoms with Gasteiger partial charge in [-0.3, -0.25) is 14.5 Å². The van der Waals surface area contributed by atoms with E-state index in [0.29, 0.717) is 25.0 Å². The molecule has 1 saturated heterocycles.